The van der Waals surface area contributed by atoms with Crippen molar-refractivity contribution in [1.29, 1.82) is 0 Å². The van der Waals surface area contributed by atoms with Gasteiger partial charge in [0, 0.05) is 56.6 Å². The van der Waals surface area contributed by atoms with E-state index < -0.39 is 0 Å². The van der Waals surface area contributed by atoms with Crippen molar-refractivity contribution in [3.05, 3.63) is 82.6 Å². The number of rotatable bonds is 7. The van der Waals surface area contributed by atoms with Crippen molar-refractivity contribution >= 4 is 47.4 Å². The van der Waals surface area contributed by atoms with Crippen LogP contribution in [-0.4, -0.2) is 54.2 Å². The molecule has 1 amide bonds. The van der Waals surface area contributed by atoms with Gasteiger partial charge in [0.25, 0.3) is 5.91 Å². The number of aromatic nitrogens is 2. The number of hydrogen-bond donors (Lipinski definition) is 2. The number of aliphatic imine (C=N–C) groups is 1. The van der Waals surface area contributed by atoms with Crippen molar-refractivity contribution in [2.45, 2.75) is 13.0 Å². The van der Waals surface area contributed by atoms with Crippen LogP contribution >= 0.6 is 35.6 Å². The fourth-order valence-electron chi connectivity index (χ4n) is 3.04. The van der Waals surface area contributed by atoms with Crippen molar-refractivity contribution in [1.82, 2.24) is 25.3 Å². The lowest BCUT2D eigenvalue weighted by Gasteiger charge is -2.13. The van der Waals surface area contributed by atoms with E-state index in [0.29, 0.717) is 29.6 Å². The lowest BCUT2D eigenvalue weighted by atomic mass is 10.1. The van der Waals surface area contributed by atoms with Crippen molar-refractivity contribution in [2.24, 2.45) is 4.99 Å². The van der Waals surface area contributed by atoms with Gasteiger partial charge in [0.05, 0.1) is 11.9 Å². The third kappa shape index (κ3) is 7.23. The summed E-state index contributed by atoms with van der Waals surface area (Å²) >= 11 is 5.94. The predicted octanol–water partition coefficient (Wildman–Crippen LogP) is 3.75. The molecule has 3 aromatic rings. The van der Waals surface area contributed by atoms with Crippen LogP contribution in [0.4, 0.5) is 0 Å². The van der Waals surface area contributed by atoms with Gasteiger partial charge in [-0.1, -0.05) is 23.7 Å². The molecule has 2 aromatic carbocycles. The van der Waals surface area contributed by atoms with Crippen molar-refractivity contribution in [3.8, 4) is 5.69 Å². The smallest absolute Gasteiger partial charge is 0.253 e. The normalized spacial score (nSPS) is 10.9. The van der Waals surface area contributed by atoms with E-state index >= 15 is 0 Å². The highest BCUT2D eigenvalue weighted by atomic mass is 127. The Hall–Kier alpha value is -2.59. The zero-order valence-electron chi connectivity index (χ0n) is 18.4. The Labute approximate surface area is 210 Å². The van der Waals surface area contributed by atoms with Gasteiger partial charge in [-0.3, -0.25) is 9.79 Å². The van der Waals surface area contributed by atoms with E-state index in [9.17, 15) is 4.79 Å². The van der Waals surface area contributed by atoms with Gasteiger partial charge < -0.3 is 15.5 Å². The first kappa shape index (κ1) is 25.7. The maximum atomic E-state index is 12.1. The van der Waals surface area contributed by atoms with E-state index in [-0.39, 0.29) is 29.9 Å². The van der Waals surface area contributed by atoms with Crippen LogP contribution in [-0.2, 0) is 13.0 Å². The summed E-state index contributed by atoms with van der Waals surface area (Å²) in [4.78, 5) is 18.0. The second kappa shape index (κ2) is 12.4. The van der Waals surface area contributed by atoms with E-state index in [2.05, 4.69) is 20.7 Å². The fraction of sp³-hybridized carbons (Fsp3) is 0.261. The Morgan fingerprint density at radius 1 is 1.12 bits per heavy atom. The molecule has 0 atom stereocenters. The third-order valence-corrected chi connectivity index (χ3v) is 4.95. The quantitative estimate of drug-likeness (QED) is 0.260. The Morgan fingerprint density at radius 3 is 2.56 bits per heavy atom. The Kier molecular flexibility index (Phi) is 9.98. The van der Waals surface area contributed by atoms with Gasteiger partial charge in [-0.05, 0) is 48.4 Å². The van der Waals surface area contributed by atoms with Crippen LogP contribution in [0.5, 0.6) is 0 Å². The van der Waals surface area contributed by atoms with Gasteiger partial charge in [0.15, 0.2) is 5.96 Å². The molecule has 0 aliphatic carbocycles. The highest BCUT2D eigenvalue weighted by Crippen LogP contribution is 2.13. The molecule has 0 spiro atoms. The second-order valence-corrected chi connectivity index (χ2v) is 7.71. The molecule has 32 heavy (non-hydrogen) atoms. The average Bonchev–Trinajstić information content (AvgIpc) is 3.25. The summed E-state index contributed by atoms with van der Waals surface area (Å²) in [5.74, 6) is 0.714. The summed E-state index contributed by atoms with van der Waals surface area (Å²) in [6, 6.07) is 15.2. The first-order valence-corrected chi connectivity index (χ1v) is 10.4. The topological polar surface area (TPSA) is 74.6 Å². The lowest BCUT2D eigenvalue weighted by Crippen LogP contribution is -2.37. The summed E-state index contributed by atoms with van der Waals surface area (Å²) in [5, 5.41) is 11.7. The van der Waals surface area contributed by atoms with Gasteiger partial charge in [-0.15, -0.1) is 24.0 Å². The number of hydrogen-bond acceptors (Lipinski definition) is 3. The summed E-state index contributed by atoms with van der Waals surface area (Å²) in [6.45, 7) is 1.30. The minimum Gasteiger partial charge on any atom is -0.356 e. The minimum absolute atomic E-state index is 0. The van der Waals surface area contributed by atoms with E-state index in [4.69, 9.17) is 11.6 Å². The minimum atomic E-state index is 0. The zero-order chi connectivity index (χ0) is 22.2. The molecule has 0 aliphatic rings. The number of nitrogens with one attached hydrogen (secondary N) is 2. The Balaban J connectivity index is 0.00000363. The van der Waals surface area contributed by atoms with Crippen LogP contribution in [0.2, 0.25) is 5.02 Å². The number of guanidine groups is 1. The number of amides is 1. The van der Waals surface area contributed by atoms with Crippen molar-refractivity contribution in [3.63, 3.8) is 0 Å². The van der Waals surface area contributed by atoms with E-state index in [1.807, 2.05) is 65.6 Å². The van der Waals surface area contributed by atoms with Gasteiger partial charge in [0.1, 0.15) is 0 Å². The molecular weight excluding hydrogens is 539 g/mol. The van der Waals surface area contributed by atoms with Crippen LogP contribution in [0.3, 0.4) is 0 Å². The van der Waals surface area contributed by atoms with Gasteiger partial charge in [0.2, 0.25) is 0 Å². The fourth-order valence-corrected chi connectivity index (χ4v) is 3.16. The molecule has 0 unspecified atom stereocenters. The van der Waals surface area contributed by atoms with Crippen molar-refractivity contribution in [2.75, 3.05) is 27.7 Å². The van der Waals surface area contributed by atoms with E-state index in [0.717, 1.165) is 23.2 Å². The maximum Gasteiger partial charge on any atom is 0.253 e. The molecule has 0 radical (unpaired) electrons. The molecule has 2 N–H and O–H groups in total. The molecule has 0 saturated heterocycles. The summed E-state index contributed by atoms with van der Waals surface area (Å²) in [6.07, 6.45) is 4.57. The Morgan fingerprint density at radius 2 is 1.88 bits per heavy atom. The van der Waals surface area contributed by atoms with Crippen LogP contribution in [0.1, 0.15) is 21.5 Å². The molecule has 1 heterocycles. The SMILES string of the molecule is CN=C(NCCc1cccc(C(=O)N(C)C)c1)NCc1cnn(-c2ccc(Cl)cc2)c1.I. The number of carbonyl (C=O) groups is 1. The predicted molar refractivity (Wildman–Crippen MR) is 140 cm³/mol. The largest absolute Gasteiger partial charge is 0.356 e. The molecule has 7 nitrogen and oxygen atoms in total. The highest BCUT2D eigenvalue weighted by Gasteiger charge is 2.08. The summed E-state index contributed by atoms with van der Waals surface area (Å²) in [5.41, 5.74) is 3.78. The number of benzene rings is 2. The molecule has 0 aliphatic heterocycles. The standard InChI is InChI=1S/C23H27ClN6O.HI/c1-25-23(26-12-11-17-5-4-6-19(13-17)22(31)29(2)3)27-14-18-15-28-30(16-18)21-9-7-20(24)8-10-21;/h4-10,13,15-16H,11-12,14H2,1-3H3,(H2,25,26,27);1H. The van der Waals surface area contributed by atoms with Crippen molar-refractivity contribution < 1.29 is 4.79 Å². The van der Waals surface area contributed by atoms with Gasteiger partial charge in [-0.2, -0.15) is 5.10 Å². The summed E-state index contributed by atoms with van der Waals surface area (Å²) in [7, 11) is 5.25. The van der Waals surface area contributed by atoms with Gasteiger partial charge in [-0.25, -0.2) is 4.68 Å². The molecule has 9 heteroatoms. The first-order valence-electron chi connectivity index (χ1n) is 10.0. The molecule has 170 valence electrons. The summed E-state index contributed by atoms with van der Waals surface area (Å²) < 4.78 is 1.81. The molecule has 0 saturated carbocycles. The van der Waals surface area contributed by atoms with Crippen LogP contribution < -0.4 is 10.6 Å². The van der Waals surface area contributed by atoms with Crippen LogP contribution in [0.25, 0.3) is 5.69 Å². The highest BCUT2D eigenvalue weighted by molar-refractivity contribution is 14.0. The van der Waals surface area contributed by atoms with Crippen LogP contribution in [0, 0.1) is 0 Å². The Bertz CT molecular complexity index is 1050. The lowest BCUT2D eigenvalue weighted by molar-refractivity contribution is 0.0827. The number of carbonyl (C=O) groups excluding carboxylic acids is 1. The third-order valence-electron chi connectivity index (χ3n) is 4.70. The second-order valence-electron chi connectivity index (χ2n) is 7.27. The number of halogens is 2. The molecular formula is C23H28ClIN6O. The molecule has 0 fully saturated rings. The zero-order valence-corrected chi connectivity index (χ0v) is 21.5. The van der Waals surface area contributed by atoms with Crippen LogP contribution in [0.15, 0.2) is 65.9 Å². The average molecular weight is 567 g/mol. The molecule has 3 rings (SSSR count). The van der Waals surface area contributed by atoms with E-state index in [1.165, 1.54) is 0 Å². The first-order chi connectivity index (χ1) is 15.0. The number of nitrogens with zero attached hydrogens (tertiary/aromatic N) is 4. The van der Waals surface area contributed by atoms with E-state index in [1.54, 1.807) is 26.0 Å². The maximum absolute atomic E-state index is 12.1. The monoisotopic (exact) mass is 566 g/mol. The molecule has 0 bridgehead atoms. The molecule has 1 aromatic heterocycles. The van der Waals surface area contributed by atoms with Gasteiger partial charge >= 0.3 is 0 Å².